The van der Waals surface area contributed by atoms with Gasteiger partial charge in [-0.2, -0.15) is 0 Å². The van der Waals surface area contributed by atoms with Crippen LogP contribution in [0.25, 0.3) is 0 Å². The lowest BCUT2D eigenvalue weighted by molar-refractivity contribution is -0.137. The summed E-state index contributed by atoms with van der Waals surface area (Å²) in [5.74, 6) is -0.240. The van der Waals surface area contributed by atoms with Crippen LogP contribution in [0.1, 0.15) is 47.6 Å². The standard InChI is InChI=1S/C23H25FN2O2/c24-20-10-8-18(9-11-20)22(27)25-15-12-19(13-16-25)23(28)26-14-4-7-21(26)17-5-2-1-3-6-17/h1-3,5-6,8-11,19,21H,4,7,12-16H2. The predicted molar refractivity (Wildman–Crippen MR) is 105 cm³/mol. The maximum atomic E-state index is 13.1. The number of piperidine rings is 1. The van der Waals surface area contributed by atoms with Crippen molar-refractivity contribution in [2.45, 2.75) is 31.7 Å². The van der Waals surface area contributed by atoms with E-state index < -0.39 is 0 Å². The second-order valence-electron chi connectivity index (χ2n) is 7.67. The number of halogens is 1. The van der Waals surface area contributed by atoms with Crippen LogP contribution in [-0.4, -0.2) is 41.2 Å². The smallest absolute Gasteiger partial charge is 0.253 e. The third-order valence-electron chi connectivity index (χ3n) is 5.94. The van der Waals surface area contributed by atoms with E-state index in [9.17, 15) is 14.0 Å². The van der Waals surface area contributed by atoms with E-state index >= 15 is 0 Å². The normalized spacial score (nSPS) is 20.4. The molecule has 0 aromatic heterocycles. The highest BCUT2D eigenvalue weighted by Gasteiger charge is 2.36. The fraction of sp³-hybridized carbons (Fsp3) is 0.391. The average molecular weight is 380 g/mol. The molecule has 0 aliphatic carbocycles. The Morgan fingerprint density at radius 2 is 1.54 bits per heavy atom. The van der Waals surface area contributed by atoms with Crippen LogP contribution >= 0.6 is 0 Å². The first-order chi connectivity index (χ1) is 13.6. The topological polar surface area (TPSA) is 40.6 Å². The summed E-state index contributed by atoms with van der Waals surface area (Å²) in [4.78, 5) is 29.6. The van der Waals surface area contributed by atoms with Crippen molar-refractivity contribution < 1.29 is 14.0 Å². The summed E-state index contributed by atoms with van der Waals surface area (Å²) in [6.45, 7) is 1.94. The quantitative estimate of drug-likeness (QED) is 0.806. The third kappa shape index (κ3) is 3.79. The van der Waals surface area contributed by atoms with E-state index in [1.165, 1.54) is 29.8 Å². The molecule has 2 aromatic carbocycles. The predicted octanol–water partition coefficient (Wildman–Crippen LogP) is 4.04. The van der Waals surface area contributed by atoms with Crippen LogP contribution in [0.3, 0.4) is 0 Å². The van der Waals surface area contributed by atoms with E-state index in [-0.39, 0.29) is 29.6 Å². The Balaban J connectivity index is 1.37. The van der Waals surface area contributed by atoms with Crippen LogP contribution in [0.15, 0.2) is 54.6 Å². The van der Waals surface area contributed by atoms with Gasteiger partial charge in [0, 0.05) is 31.1 Å². The van der Waals surface area contributed by atoms with Gasteiger partial charge in [0.1, 0.15) is 5.82 Å². The Labute approximate surface area is 164 Å². The van der Waals surface area contributed by atoms with Gasteiger partial charge in [-0.25, -0.2) is 4.39 Å². The first kappa shape index (κ1) is 18.7. The molecule has 4 nitrogen and oxygen atoms in total. The molecule has 28 heavy (non-hydrogen) atoms. The zero-order chi connectivity index (χ0) is 19.5. The molecule has 0 saturated carbocycles. The molecule has 0 spiro atoms. The van der Waals surface area contributed by atoms with Crippen LogP contribution < -0.4 is 0 Å². The third-order valence-corrected chi connectivity index (χ3v) is 5.94. The van der Waals surface area contributed by atoms with Gasteiger partial charge in [-0.1, -0.05) is 30.3 Å². The van der Waals surface area contributed by atoms with E-state index in [0.717, 1.165) is 19.4 Å². The van der Waals surface area contributed by atoms with E-state index in [4.69, 9.17) is 0 Å². The second-order valence-corrected chi connectivity index (χ2v) is 7.67. The monoisotopic (exact) mass is 380 g/mol. The van der Waals surface area contributed by atoms with Crippen molar-refractivity contribution in [3.63, 3.8) is 0 Å². The Kier molecular flexibility index (Phi) is 5.42. The van der Waals surface area contributed by atoms with Gasteiger partial charge in [-0.15, -0.1) is 0 Å². The van der Waals surface area contributed by atoms with Crippen molar-refractivity contribution in [3.05, 3.63) is 71.5 Å². The number of carbonyl (C=O) groups excluding carboxylic acids is 2. The molecule has 1 atom stereocenters. The van der Waals surface area contributed by atoms with Crippen LogP contribution in [0.4, 0.5) is 4.39 Å². The van der Waals surface area contributed by atoms with Crippen molar-refractivity contribution in [3.8, 4) is 0 Å². The Morgan fingerprint density at radius 3 is 2.21 bits per heavy atom. The van der Waals surface area contributed by atoms with Crippen molar-refractivity contribution in [1.82, 2.24) is 9.80 Å². The number of hydrogen-bond acceptors (Lipinski definition) is 2. The van der Waals surface area contributed by atoms with Crippen LogP contribution in [-0.2, 0) is 4.79 Å². The largest absolute Gasteiger partial charge is 0.339 e. The summed E-state index contributed by atoms with van der Waals surface area (Å²) in [5, 5.41) is 0. The Hall–Kier alpha value is -2.69. The first-order valence-corrected chi connectivity index (χ1v) is 10.0. The lowest BCUT2D eigenvalue weighted by Gasteiger charge is -2.35. The lowest BCUT2D eigenvalue weighted by atomic mass is 9.94. The Morgan fingerprint density at radius 1 is 0.857 bits per heavy atom. The maximum Gasteiger partial charge on any atom is 0.253 e. The van der Waals surface area contributed by atoms with Crippen LogP contribution in [0.5, 0.6) is 0 Å². The van der Waals surface area contributed by atoms with E-state index in [1.807, 2.05) is 23.1 Å². The van der Waals surface area contributed by atoms with Gasteiger partial charge in [0.15, 0.2) is 0 Å². The van der Waals surface area contributed by atoms with Crippen LogP contribution in [0, 0.1) is 11.7 Å². The Bertz CT molecular complexity index is 829. The minimum atomic E-state index is -0.348. The summed E-state index contributed by atoms with van der Waals surface area (Å²) >= 11 is 0. The molecule has 2 saturated heterocycles. The zero-order valence-corrected chi connectivity index (χ0v) is 15.9. The number of likely N-dealkylation sites (tertiary alicyclic amines) is 2. The summed E-state index contributed by atoms with van der Waals surface area (Å²) in [7, 11) is 0. The molecule has 146 valence electrons. The molecular formula is C23H25FN2O2. The number of nitrogens with zero attached hydrogens (tertiary/aromatic N) is 2. The number of benzene rings is 2. The summed E-state index contributed by atoms with van der Waals surface area (Å²) in [6.07, 6.45) is 3.42. The van der Waals surface area contributed by atoms with Crippen molar-refractivity contribution in [1.29, 1.82) is 0 Å². The molecule has 2 aliphatic rings. The minimum Gasteiger partial charge on any atom is -0.339 e. The molecular weight excluding hydrogens is 355 g/mol. The highest BCUT2D eigenvalue weighted by Crippen LogP contribution is 2.34. The minimum absolute atomic E-state index is 0.0263. The van der Waals surface area contributed by atoms with E-state index in [2.05, 4.69) is 12.1 Å². The molecule has 0 N–H and O–H groups in total. The van der Waals surface area contributed by atoms with Crippen molar-refractivity contribution in [2.24, 2.45) is 5.92 Å². The highest BCUT2D eigenvalue weighted by molar-refractivity contribution is 5.94. The van der Waals surface area contributed by atoms with Gasteiger partial charge < -0.3 is 9.80 Å². The summed E-state index contributed by atoms with van der Waals surface area (Å²) in [6, 6.07) is 16.1. The van der Waals surface area contributed by atoms with E-state index in [1.54, 1.807) is 4.90 Å². The van der Waals surface area contributed by atoms with Gasteiger partial charge in [-0.3, -0.25) is 9.59 Å². The molecule has 2 aliphatic heterocycles. The molecule has 0 radical (unpaired) electrons. The van der Waals surface area contributed by atoms with Crippen molar-refractivity contribution >= 4 is 11.8 Å². The molecule has 1 unspecified atom stereocenters. The fourth-order valence-electron chi connectivity index (χ4n) is 4.39. The van der Waals surface area contributed by atoms with Gasteiger partial charge >= 0.3 is 0 Å². The molecule has 2 heterocycles. The van der Waals surface area contributed by atoms with Gasteiger partial charge in [0.2, 0.25) is 5.91 Å². The molecule has 2 aromatic rings. The second kappa shape index (κ2) is 8.13. The number of rotatable bonds is 3. The molecule has 2 amide bonds. The van der Waals surface area contributed by atoms with Crippen molar-refractivity contribution in [2.75, 3.05) is 19.6 Å². The highest BCUT2D eigenvalue weighted by atomic mass is 19.1. The van der Waals surface area contributed by atoms with Gasteiger partial charge in [-0.05, 0) is 55.5 Å². The number of amides is 2. The molecule has 5 heteroatoms. The molecule has 4 rings (SSSR count). The number of carbonyl (C=O) groups is 2. The maximum absolute atomic E-state index is 13.1. The zero-order valence-electron chi connectivity index (χ0n) is 15.9. The molecule has 2 fully saturated rings. The van der Waals surface area contributed by atoms with Gasteiger partial charge in [0.05, 0.1) is 6.04 Å². The fourth-order valence-corrected chi connectivity index (χ4v) is 4.39. The van der Waals surface area contributed by atoms with Gasteiger partial charge in [0.25, 0.3) is 5.91 Å². The number of hydrogen-bond donors (Lipinski definition) is 0. The van der Waals surface area contributed by atoms with Crippen LogP contribution in [0.2, 0.25) is 0 Å². The van der Waals surface area contributed by atoms with E-state index in [0.29, 0.717) is 31.5 Å². The summed E-state index contributed by atoms with van der Waals surface area (Å²) < 4.78 is 13.1. The lowest BCUT2D eigenvalue weighted by Crippen LogP contribution is -2.44. The average Bonchev–Trinajstić information content (AvgIpc) is 3.24. The summed E-state index contributed by atoms with van der Waals surface area (Å²) in [5.41, 5.74) is 1.70. The SMILES string of the molecule is O=C(c1ccc(F)cc1)N1CCC(C(=O)N2CCCC2c2ccccc2)CC1. The molecule has 0 bridgehead atoms. The first-order valence-electron chi connectivity index (χ1n) is 10.0.